The molecule has 10 nitrogen and oxygen atoms in total. The van der Waals surface area contributed by atoms with E-state index in [0.717, 1.165) is 5.56 Å². The summed E-state index contributed by atoms with van der Waals surface area (Å²) < 4.78 is 36.1. The second kappa shape index (κ2) is 15.2. The van der Waals surface area contributed by atoms with Gasteiger partial charge in [0.15, 0.2) is 0 Å². The van der Waals surface area contributed by atoms with Crippen LogP contribution >= 0.6 is 0 Å². The second-order valence-corrected chi connectivity index (χ2v) is 11.6. The number of nitrogens with one attached hydrogen (secondary N) is 2. The van der Waals surface area contributed by atoms with E-state index in [0.29, 0.717) is 50.2 Å². The van der Waals surface area contributed by atoms with Gasteiger partial charge in [0, 0.05) is 26.7 Å². The van der Waals surface area contributed by atoms with E-state index in [1.165, 1.54) is 17.0 Å². The van der Waals surface area contributed by atoms with E-state index in [2.05, 4.69) is 17.2 Å². The Hall–Kier alpha value is -3.90. The number of hydrogen-bond acceptors (Lipinski definition) is 7. The number of likely N-dealkylation sites (tertiary alicyclic amines) is 1. The van der Waals surface area contributed by atoms with Crippen molar-refractivity contribution in [2.24, 2.45) is 0 Å². The molecule has 12 heteroatoms. The Labute approximate surface area is 258 Å². The first kappa shape index (κ1) is 33.0. The van der Waals surface area contributed by atoms with Gasteiger partial charge in [0.25, 0.3) is 0 Å². The number of carbonyl (C=O) groups is 3. The van der Waals surface area contributed by atoms with Crippen molar-refractivity contribution < 1.29 is 37.6 Å². The molecular formula is C32H41BFN3O7. The lowest BCUT2D eigenvalue weighted by Gasteiger charge is -2.30. The van der Waals surface area contributed by atoms with E-state index < -0.39 is 48.6 Å². The summed E-state index contributed by atoms with van der Waals surface area (Å²) in [7, 11) is 0.868. The molecule has 0 radical (unpaired) electrons. The maximum atomic E-state index is 13.9. The summed E-state index contributed by atoms with van der Waals surface area (Å²) in [6, 6.07) is 13.1. The van der Waals surface area contributed by atoms with Crippen LogP contribution in [0.25, 0.3) is 0 Å². The van der Waals surface area contributed by atoms with E-state index in [-0.39, 0.29) is 18.9 Å². The Bertz CT molecular complexity index is 1290. The van der Waals surface area contributed by atoms with Crippen LogP contribution in [0.5, 0.6) is 0 Å². The lowest BCUT2D eigenvalue weighted by Crippen LogP contribution is -2.57. The molecule has 0 spiro atoms. The third-order valence-corrected chi connectivity index (χ3v) is 7.86. The molecule has 0 aliphatic carbocycles. The van der Waals surface area contributed by atoms with Gasteiger partial charge in [0.1, 0.15) is 30.1 Å². The third-order valence-electron chi connectivity index (χ3n) is 7.86. The first-order chi connectivity index (χ1) is 21.1. The van der Waals surface area contributed by atoms with Crippen molar-refractivity contribution in [1.82, 2.24) is 15.5 Å². The number of benzene rings is 2. The van der Waals surface area contributed by atoms with Crippen molar-refractivity contribution in [2.45, 2.75) is 76.2 Å². The lowest BCUT2D eigenvalue weighted by molar-refractivity contribution is -0.140. The van der Waals surface area contributed by atoms with Gasteiger partial charge in [-0.25, -0.2) is 9.18 Å². The van der Waals surface area contributed by atoms with Crippen molar-refractivity contribution >= 4 is 25.0 Å². The summed E-state index contributed by atoms with van der Waals surface area (Å²) in [5, 5.41) is 5.72. The first-order valence-electron chi connectivity index (χ1n) is 14.9. The van der Waals surface area contributed by atoms with Gasteiger partial charge in [-0.1, -0.05) is 49.0 Å². The summed E-state index contributed by atoms with van der Waals surface area (Å²) in [5.74, 6) is -1.21. The topological polar surface area (TPSA) is 115 Å². The van der Waals surface area contributed by atoms with Gasteiger partial charge in [0.2, 0.25) is 11.8 Å². The molecule has 2 heterocycles. The van der Waals surface area contributed by atoms with Crippen molar-refractivity contribution in [3.05, 3.63) is 83.9 Å². The fourth-order valence-corrected chi connectivity index (χ4v) is 5.30. The standard InChI is InChI=1S/C32H41BFN3O7/c1-22-32(2,3)44-33(43-22)28(13-9-19-41-4)36-29(38)27-12-8-18-37(27)30(39)26(20-23-14-16-25(34)17-15-23)35-31(40)42-21-24-10-6-5-7-11-24/h5-7,10-11,14-17,26-28H,1,8-9,12-13,18-21H2,2-4H3,(H,35,40)(H,36,38)/t26-,27+,28?/m1/s1. The van der Waals surface area contributed by atoms with Gasteiger partial charge in [-0.3, -0.25) is 9.59 Å². The Morgan fingerprint density at radius 2 is 1.84 bits per heavy atom. The number of halogens is 1. The van der Waals surface area contributed by atoms with Crippen molar-refractivity contribution in [2.75, 3.05) is 20.3 Å². The number of nitrogens with zero attached hydrogens (tertiary/aromatic N) is 1. The van der Waals surface area contributed by atoms with Gasteiger partial charge >= 0.3 is 13.2 Å². The minimum atomic E-state index is -1.04. The highest BCUT2D eigenvalue weighted by Crippen LogP contribution is 2.31. The van der Waals surface area contributed by atoms with Crippen LogP contribution < -0.4 is 10.6 Å². The monoisotopic (exact) mass is 609 g/mol. The van der Waals surface area contributed by atoms with Gasteiger partial charge in [-0.2, -0.15) is 0 Å². The number of ether oxygens (including phenoxy) is 2. The number of amides is 3. The quantitative estimate of drug-likeness (QED) is 0.261. The number of hydrogen-bond donors (Lipinski definition) is 2. The largest absolute Gasteiger partial charge is 0.549 e. The number of alkyl carbamates (subject to hydrolysis) is 1. The molecule has 3 atom stereocenters. The molecule has 4 rings (SSSR count). The molecule has 2 aromatic carbocycles. The molecule has 0 bridgehead atoms. The average molecular weight is 610 g/mol. The van der Waals surface area contributed by atoms with Gasteiger partial charge in [-0.15, -0.1) is 0 Å². The fraction of sp³-hybridized carbons (Fsp3) is 0.469. The molecule has 2 aromatic rings. The normalized spacial score (nSPS) is 18.8. The van der Waals surface area contributed by atoms with Crippen LogP contribution in [0.2, 0.25) is 0 Å². The minimum Gasteiger partial charge on any atom is -0.536 e. The molecule has 2 aliphatic rings. The van der Waals surface area contributed by atoms with Crippen molar-refractivity contribution in [3.8, 4) is 0 Å². The minimum absolute atomic E-state index is 0.0257. The van der Waals surface area contributed by atoms with Gasteiger partial charge < -0.3 is 34.3 Å². The smallest absolute Gasteiger partial charge is 0.536 e. The zero-order valence-electron chi connectivity index (χ0n) is 25.6. The molecule has 2 N–H and O–H groups in total. The molecule has 236 valence electrons. The molecule has 2 saturated heterocycles. The Kier molecular flexibility index (Phi) is 11.4. The molecular weight excluding hydrogens is 568 g/mol. The van der Waals surface area contributed by atoms with E-state index in [1.807, 2.05) is 44.2 Å². The molecule has 44 heavy (non-hydrogen) atoms. The average Bonchev–Trinajstić information content (AvgIpc) is 3.60. The van der Waals surface area contributed by atoms with Crippen molar-refractivity contribution in [1.29, 1.82) is 0 Å². The molecule has 1 unspecified atom stereocenters. The van der Waals surface area contributed by atoms with Crippen molar-refractivity contribution in [3.63, 3.8) is 0 Å². The predicted octanol–water partition coefficient (Wildman–Crippen LogP) is 3.93. The van der Waals surface area contributed by atoms with E-state index >= 15 is 0 Å². The number of rotatable bonds is 13. The highest BCUT2D eigenvalue weighted by atomic mass is 19.1. The summed E-state index contributed by atoms with van der Waals surface area (Å²) in [5.41, 5.74) is 0.728. The van der Waals surface area contributed by atoms with E-state index in [9.17, 15) is 18.8 Å². The zero-order valence-corrected chi connectivity index (χ0v) is 25.6. The van der Waals surface area contributed by atoms with Crippen LogP contribution in [0.3, 0.4) is 0 Å². The highest BCUT2D eigenvalue weighted by Gasteiger charge is 2.48. The van der Waals surface area contributed by atoms with Crippen LogP contribution in [0.15, 0.2) is 66.9 Å². The molecule has 0 aromatic heterocycles. The Morgan fingerprint density at radius 1 is 1.11 bits per heavy atom. The van der Waals surface area contributed by atoms with Crippen LogP contribution in [0, 0.1) is 5.82 Å². The highest BCUT2D eigenvalue weighted by molar-refractivity contribution is 6.48. The van der Waals surface area contributed by atoms with Crippen LogP contribution in [0.1, 0.15) is 50.7 Å². The SMILES string of the molecule is C=C1OB(C(CCCOC)NC(=O)[C@@H]2CCCN2C(=O)[C@@H](Cc2ccc(F)cc2)NC(=O)OCc2ccccc2)OC1(C)C. The predicted molar refractivity (Wildman–Crippen MR) is 163 cm³/mol. The maximum Gasteiger partial charge on any atom is 0.549 e. The Balaban J connectivity index is 1.47. The molecule has 2 fully saturated rings. The maximum absolute atomic E-state index is 13.9. The summed E-state index contributed by atoms with van der Waals surface area (Å²) >= 11 is 0. The molecule has 2 aliphatic heterocycles. The van der Waals surface area contributed by atoms with Crippen LogP contribution in [-0.2, 0) is 41.4 Å². The van der Waals surface area contributed by atoms with Gasteiger partial charge in [-0.05, 0) is 62.8 Å². The lowest BCUT2D eigenvalue weighted by atomic mass is 9.75. The zero-order chi connectivity index (χ0) is 31.7. The third kappa shape index (κ3) is 8.82. The summed E-state index contributed by atoms with van der Waals surface area (Å²) in [6.45, 7) is 8.49. The first-order valence-corrected chi connectivity index (χ1v) is 14.9. The molecule has 0 saturated carbocycles. The number of methoxy groups -OCH3 is 1. The Morgan fingerprint density at radius 3 is 2.50 bits per heavy atom. The van der Waals surface area contributed by atoms with Gasteiger partial charge in [0.05, 0.1) is 11.7 Å². The summed E-state index contributed by atoms with van der Waals surface area (Å²) in [6.07, 6.45) is 1.56. The fourth-order valence-electron chi connectivity index (χ4n) is 5.30. The van der Waals surface area contributed by atoms with E-state index in [4.69, 9.17) is 18.8 Å². The summed E-state index contributed by atoms with van der Waals surface area (Å²) in [4.78, 5) is 41.9. The van der Waals surface area contributed by atoms with Crippen LogP contribution in [-0.4, -0.2) is 73.8 Å². The number of carbonyl (C=O) groups excluding carboxylic acids is 3. The molecule has 3 amide bonds. The second-order valence-electron chi connectivity index (χ2n) is 11.6. The van der Waals surface area contributed by atoms with Crippen LogP contribution in [0.4, 0.5) is 9.18 Å². The van der Waals surface area contributed by atoms with E-state index in [1.54, 1.807) is 19.2 Å².